The Morgan fingerprint density at radius 3 is 2.21 bits per heavy atom. The first-order valence-corrected chi connectivity index (χ1v) is 6.90. The molecule has 1 aliphatic carbocycles. The van der Waals surface area contributed by atoms with Crippen molar-refractivity contribution in [3.8, 4) is 0 Å². The highest BCUT2D eigenvalue weighted by Crippen LogP contribution is 2.33. The summed E-state index contributed by atoms with van der Waals surface area (Å²) in [5, 5.41) is 0.731. The number of rotatable bonds is 4. The van der Waals surface area contributed by atoms with Gasteiger partial charge in [-0.25, -0.2) is 4.39 Å². The van der Waals surface area contributed by atoms with Gasteiger partial charge in [-0.15, -0.1) is 0 Å². The van der Waals surface area contributed by atoms with Crippen LogP contribution in [0.15, 0.2) is 0 Å². The van der Waals surface area contributed by atoms with Crippen molar-refractivity contribution in [2.75, 3.05) is 5.75 Å². The van der Waals surface area contributed by atoms with Gasteiger partial charge in [0, 0.05) is 0 Å². The second-order valence-electron chi connectivity index (χ2n) is 4.87. The van der Waals surface area contributed by atoms with E-state index in [1.54, 1.807) is 0 Å². The van der Waals surface area contributed by atoms with Crippen molar-refractivity contribution < 1.29 is 4.39 Å². The largest absolute Gasteiger partial charge is 0.247 e. The normalized spacial score (nSPS) is 30.6. The molecule has 0 saturated heterocycles. The molecule has 0 aliphatic heterocycles. The highest BCUT2D eigenvalue weighted by molar-refractivity contribution is 7.99. The average Bonchev–Trinajstić information content (AvgIpc) is 2.15. The first-order valence-electron chi connectivity index (χ1n) is 5.85. The molecular formula is C12H23FS. The number of hydrogen-bond donors (Lipinski definition) is 0. The minimum absolute atomic E-state index is 0.504. The summed E-state index contributed by atoms with van der Waals surface area (Å²) in [5.74, 6) is 2.81. The molecule has 2 heteroatoms. The quantitative estimate of drug-likeness (QED) is 0.678. The summed E-state index contributed by atoms with van der Waals surface area (Å²) in [6, 6.07) is 0. The SMILES string of the molecule is CC(C)SCC(C)C1CCC(F)CC1. The van der Waals surface area contributed by atoms with Gasteiger partial charge in [-0.1, -0.05) is 20.8 Å². The van der Waals surface area contributed by atoms with Gasteiger partial charge in [-0.2, -0.15) is 11.8 Å². The number of alkyl halides is 1. The van der Waals surface area contributed by atoms with E-state index in [4.69, 9.17) is 0 Å². The van der Waals surface area contributed by atoms with Crippen LogP contribution < -0.4 is 0 Å². The fourth-order valence-corrected chi connectivity index (χ4v) is 3.09. The number of hydrogen-bond acceptors (Lipinski definition) is 1. The van der Waals surface area contributed by atoms with Gasteiger partial charge in [0.2, 0.25) is 0 Å². The third kappa shape index (κ3) is 4.20. The summed E-state index contributed by atoms with van der Waals surface area (Å²) in [4.78, 5) is 0. The van der Waals surface area contributed by atoms with Crippen LogP contribution in [0.5, 0.6) is 0 Å². The molecule has 0 heterocycles. The van der Waals surface area contributed by atoms with Crippen molar-refractivity contribution in [2.24, 2.45) is 11.8 Å². The van der Waals surface area contributed by atoms with Gasteiger partial charge in [0.05, 0.1) is 0 Å². The third-order valence-electron chi connectivity index (χ3n) is 3.20. The molecule has 1 saturated carbocycles. The monoisotopic (exact) mass is 218 g/mol. The molecule has 1 aliphatic rings. The highest BCUT2D eigenvalue weighted by Gasteiger charge is 2.24. The molecule has 14 heavy (non-hydrogen) atoms. The van der Waals surface area contributed by atoms with Crippen molar-refractivity contribution in [1.29, 1.82) is 0 Å². The molecule has 0 aromatic carbocycles. The molecule has 1 fully saturated rings. The summed E-state index contributed by atoms with van der Waals surface area (Å²) in [6.07, 6.45) is 3.33. The summed E-state index contributed by atoms with van der Waals surface area (Å²) >= 11 is 2.04. The maximum Gasteiger partial charge on any atom is 0.100 e. The standard InChI is InChI=1S/C12H23FS/c1-9(2)14-8-10(3)11-4-6-12(13)7-5-11/h9-12H,4-8H2,1-3H3. The highest BCUT2D eigenvalue weighted by atomic mass is 32.2. The van der Waals surface area contributed by atoms with Gasteiger partial charge in [-0.3, -0.25) is 0 Å². The van der Waals surface area contributed by atoms with Gasteiger partial charge in [-0.05, 0) is 48.5 Å². The Hall–Kier alpha value is 0.280. The lowest BCUT2D eigenvalue weighted by atomic mass is 9.81. The molecule has 1 rings (SSSR count). The fraction of sp³-hybridized carbons (Fsp3) is 1.00. The molecule has 0 aromatic heterocycles. The van der Waals surface area contributed by atoms with Gasteiger partial charge in [0.1, 0.15) is 6.17 Å². The van der Waals surface area contributed by atoms with E-state index in [9.17, 15) is 4.39 Å². The molecule has 1 atom stereocenters. The third-order valence-corrected chi connectivity index (χ3v) is 4.58. The van der Waals surface area contributed by atoms with Crippen molar-refractivity contribution in [1.82, 2.24) is 0 Å². The molecule has 0 N–H and O–H groups in total. The zero-order chi connectivity index (χ0) is 10.6. The topological polar surface area (TPSA) is 0 Å². The lowest BCUT2D eigenvalue weighted by Crippen LogP contribution is -2.22. The van der Waals surface area contributed by atoms with Crippen LogP contribution in [-0.4, -0.2) is 17.2 Å². The van der Waals surface area contributed by atoms with Crippen LogP contribution in [0.3, 0.4) is 0 Å². The molecular weight excluding hydrogens is 195 g/mol. The summed E-state index contributed by atoms with van der Waals surface area (Å²) in [7, 11) is 0. The van der Waals surface area contributed by atoms with Crippen LogP contribution in [0.2, 0.25) is 0 Å². The summed E-state index contributed by atoms with van der Waals surface area (Å²) < 4.78 is 12.9. The smallest absolute Gasteiger partial charge is 0.100 e. The van der Waals surface area contributed by atoms with Crippen LogP contribution in [0.1, 0.15) is 46.5 Å². The fourth-order valence-electron chi connectivity index (χ4n) is 2.13. The molecule has 1 unspecified atom stereocenters. The lowest BCUT2D eigenvalue weighted by molar-refractivity contribution is 0.180. The maximum atomic E-state index is 12.9. The van der Waals surface area contributed by atoms with Crippen molar-refractivity contribution in [3.63, 3.8) is 0 Å². The molecule has 0 aromatic rings. The van der Waals surface area contributed by atoms with Crippen molar-refractivity contribution in [2.45, 2.75) is 57.9 Å². The predicted octanol–water partition coefficient (Wildman–Crippen LogP) is 4.29. The lowest BCUT2D eigenvalue weighted by Gasteiger charge is -2.29. The van der Waals surface area contributed by atoms with Crippen LogP contribution in [0.25, 0.3) is 0 Å². The Kier molecular flexibility index (Phi) is 5.29. The van der Waals surface area contributed by atoms with E-state index in [2.05, 4.69) is 20.8 Å². The Balaban J connectivity index is 2.20. The van der Waals surface area contributed by atoms with Crippen molar-refractivity contribution >= 4 is 11.8 Å². The predicted molar refractivity (Wildman–Crippen MR) is 63.6 cm³/mol. The Labute approximate surface area is 92.0 Å². The van der Waals surface area contributed by atoms with E-state index in [0.717, 1.165) is 42.8 Å². The Morgan fingerprint density at radius 2 is 1.71 bits per heavy atom. The maximum absolute atomic E-state index is 12.9. The van der Waals surface area contributed by atoms with Gasteiger partial charge in [0.15, 0.2) is 0 Å². The second-order valence-corrected chi connectivity index (χ2v) is 6.48. The zero-order valence-electron chi connectivity index (χ0n) is 9.63. The Morgan fingerprint density at radius 1 is 1.14 bits per heavy atom. The molecule has 84 valence electrons. The van der Waals surface area contributed by atoms with Gasteiger partial charge < -0.3 is 0 Å². The summed E-state index contributed by atoms with van der Waals surface area (Å²) in [6.45, 7) is 6.82. The minimum Gasteiger partial charge on any atom is -0.247 e. The van der Waals surface area contributed by atoms with Crippen LogP contribution in [0.4, 0.5) is 4.39 Å². The zero-order valence-corrected chi connectivity index (χ0v) is 10.4. The van der Waals surface area contributed by atoms with Gasteiger partial charge in [0.25, 0.3) is 0 Å². The first kappa shape index (κ1) is 12.4. The van der Waals surface area contributed by atoms with Crippen LogP contribution >= 0.6 is 11.8 Å². The molecule has 0 amide bonds. The Bertz CT molecular complexity index is 150. The van der Waals surface area contributed by atoms with E-state index in [1.807, 2.05) is 11.8 Å². The van der Waals surface area contributed by atoms with E-state index in [0.29, 0.717) is 0 Å². The second kappa shape index (κ2) is 5.99. The number of halogens is 1. The van der Waals surface area contributed by atoms with E-state index in [-0.39, 0.29) is 0 Å². The van der Waals surface area contributed by atoms with E-state index in [1.165, 1.54) is 5.75 Å². The number of thioether (sulfide) groups is 1. The van der Waals surface area contributed by atoms with Crippen LogP contribution in [-0.2, 0) is 0 Å². The molecule has 0 radical (unpaired) electrons. The van der Waals surface area contributed by atoms with Crippen molar-refractivity contribution in [3.05, 3.63) is 0 Å². The van der Waals surface area contributed by atoms with Gasteiger partial charge >= 0.3 is 0 Å². The molecule has 0 spiro atoms. The summed E-state index contributed by atoms with van der Waals surface area (Å²) in [5.41, 5.74) is 0. The van der Waals surface area contributed by atoms with E-state index >= 15 is 0 Å². The van der Waals surface area contributed by atoms with E-state index < -0.39 is 6.17 Å². The molecule has 0 bridgehead atoms. The van der Waals surface area contributed by atoms with Crippen LogP contribution in [0, 0.1) is 11.8 Å². The first-order chi connectivity index (χ1) is 6.59. The minimum atomic E-state index is -0.504. The molecule has 0 nitrogen and oxygen atoms in total. The average molecular weight is 218 g/mol.